The van der Waals surface area contributed by atoms with Crippen molar-refractivity contribution in [3.05, 3.63) is 58.6 Å². The molecule has 1 heterocycles. The number of carbonyl (C=O) groups is 1. The standard InChI is InChI=1S/C20H22BrN5O2/c1-13(2)19(14-6-10-17(28-3)11-7-14)22-18(27)12-26-24-20(23-25-26)15-4-8-16(21)9-5-15/h4-11,13,19H,12H2,1-3H3,(H,22,27). The maximum atomic E-state index is 12.5. The zero-order valence-corrected chi connectivity index (χ0v) is 17.5. The van der Waals surface area contributed by atoms with E-state index in [0.717, 1.165) is 21.3 Å². The molecule has 3 rings (SSSR count). The summed E-state index contributed by atoms with van der Waals surface area (Å²) < 4.78 is 6.17. The number of nitrogens with one attached hydrogen (secondary N) is 1. The molecule has 2 aromatic carbocycles. The zero-order chi connectivity index (χ0) is 20.1. The van der Waals surface area contributed by atoms with Crippen LogP contribution in [0, 0.1) is 5.92 Å². The predicted molar refractivity (Wildman–Crippen MR) is 110 cm³/mol. The molecule has 0 bridgehead atoms. The van der Waals surface area contributed by atoms with E-state index < -0.39 is 0 Å². The van der Waals surface area contributed by atoms with E-state index in [0.29, 0.717) is 5.82 Å². The number of amides is 1. The number of tetrazole rings is 1. The molecule has 1 atom stereocenters. The summed E-state index contributed by atoms with van der Waals surface area (Å²) in [5, 5.41) is 15.4. The van der Waals surface area contributed by atoms with Crippen molar-refractivity contribution in [3.63, 3.8) is 0 Å². The van der Waals surface area contributed by atoms with Crippen LogP contribution in [0.2, 0.25) is 0 Å². The number of rotatable bonds is 7. The highest BCUT2D eigenvalue weighted by molar-refractivity contribution is 9.10. The summed E-state index contributed by atoms with van der Waals surface area (Å²) in [7, 11) is 1.63. The number of carbonyl (C=O) groups excluding carboxylic acids is 1. The van der Waals surface area contributed by atoms with Crippen LogP contribution in [-0.4, -0.2) is 33.2 Å². The molecule has 0 aliphatic heterocycles. The quantitative estimate of drug-likeness (QED) is 0.602. The molecule has 0 saturated carbocycles. The van der Waals surface area contributed by atoms with Crippen molar-refractivity contribution < 1.29 is 9.53 Å². The predicted octanol–water partition coefficient (Wildman–Crippen LogP) is 3.62. The first-order valence-corrected chi connectivity index (χ1v) is 9.72. The van der Waals surface area contributed by atoms with Crippen molar-refractivity contribution in [2.24, 2.45) is 5.92 Å². The van der Waals surface area contributed by atoms with E-state index in [1.54, 1.807) is 7.11 Å². The highest BCUT2D eigenvalue weighted by Crippen LogP contribution is 2.24. The second-order valence-corrected chi connectivity index (χ2v) is 7.63. The molecule has 0 radical (unpaired) electrons. The first-order valence-electron chi connectivity index (χ1n) is 8.93. The maximum Gasteiger partial charge on any atom is 0.244 e. The van der Waals surface area contributed by atoms with Gasteiger partial charge >= 0.3 is 0 Å². The number of aromatic nitrogens is 4. The Bertz CT molecular complexity index is 923. The molecule has 1 amide bonds. The molecule has 0 spiro atoms. The van der Waals surface area contributed by atoms with Crippen LogP contribution in [0.1, 0.15) is 25.5 Å². The number of hydrogen-bond acceptors (Lipinski definition) is 5. The Morgan fingerprint density at radius 2 is 1.82 bits per heavy atom. The smallest absolute Gasteiger partial charge is 0.244 e. The molecule has 28 heavy (non-hydrogen) atoms. The number of methoxy groups -OCH3 is 1. The van der Waals surface area contributed by atoms with Crippen molar-refractivity contribution in [1.29, 1.82) is 0 Å². The Labute approximate surface area is 172 Å². The molecule has 0 aliphatic carbocycles. The number of nitrogens with zero attached hydrogens (tertiary/aromatic N) is 4. The molecule has 0 saturated heterocycles. The fraction of sp³-hybridized carbons (Fsp3) is 0.300. The van der Waals surface area contributed by atoms with Crippen molar-refractivity contribution in [3.8, 4) is 17.1 Å². The Balaban J connectivity index is 1.67. The molecule has 7 nitrogen and oxygen atoms in total. The van der Waals surface area contributed by atoms with E-state index in [2.05, 4.69) is 50.5 Å². The monoisotopic (exact) mass is 443 g/mol. The minimum atomic E-state index is -0.172. The van der Waals surface area contributed by atoms with Gasteiger partial charge in [0.2, 0.25) is 11.7 Å². The Kier molecular flexibility index (Phi) is 6.41. The molecule has 0 fully saturated rings. The van der Waals surface area contributed by atoms with Crippen LogP contribution in [0.15, 0.2) is 53.0 Å². The maximum absolute atomic E-state index is 12.5. The molecule has 0 aliphatic rings. The Morgan fingerprint density at radius 1 is 1.14 bits per heavy atom. The van der Waals surface area contributed by atoms with E-state index >= 15 is 0 Å². The third kappa shape index (κ3) is 4.95. The summed E-state index contributed by atoms with van der Waals surface area (Å²) >= 11 is 3.40. The number of benzene rings is 2. The van der Waals surface area contributed by atoms with Crippen molar-refractivity contribution in [1.82, 2.24) is 25.5 Å². The largest absolute Gasteiger partial charge is 0.497 e. The second-order valence-electron chi connectivity index (χ2n) is 6.71. The van der Waals surface area contributed by atoms with Gasteiger partial charge in [0.05, 0.1) is 13.2 Å². The van der Waals surface area contributed by atoms with Gasteiger partial charge in [-0.1, -0.05) is 41.9 Å². The summed E-state index contributed by atoms with van der Waals surface area (Å²) in [6.07, 6.45) is 0. The van der Waals surface area contributed by atoms with Gasteiger partial charge in [0.15, 0.2) is 0 Å². The van der Waals surface area contributed by atoms with Crippen molar-refractivity contribution in [2.45, 2.75) is 26.4 Å². The van der Waals surface area contributed by atoms with Gasteiger partial charge in [-0.05, 0) is 53.1 Å². The average molecular weight is 444 g/mol. The molecule has 8 heteroatoms. The Hall–Kier alpha value is -2.74. The Morgan fingerprint density at radius 3 is 2.43 bits per heavy atom. The lowest BCUT2D eigenvalue weighted by Gasteiger charge is -2.23. The van der Waals surface area contributed by atoms with Gasteiger partial charge < -0.3 is 10.1 Å². The lowest BCUT2D eigenvalue weighted by Crippen LogP contribution is -2.34. The van der Waals surface area contributed by atoms with Gasteiger partial charge in [-0.2, -0.15) is 4.80 Å². The molecule has 1 aromatic heterocycles. The number of ether oxygens (including phenoxy) is 1. The molecular formula is C20H22BrN5O2. The number of hydrogen-bond donors (Lipinski definition) is 1. The molecule has 3 aromatic rings. The zero-order valence-electron chi connectivity index (χ0n) is 16.0. The van der Waals surface area contributed by atoms with Gasteiger partial charge in [-0.3, -0.25) is 4.79 Å². The van der Waals surface area contributed by atoms with E-state index in [-0.39, 0.29) is 24.4 Å². The molecular weight excluding hydrogens is 422 g/mol. The first kappa shape index (κ1) is 20.0. The average Bonchev–Trinajstić information content (AvgIpc) is 3.15. The topological polar surface area (TPSA) is 81.9 Å². The van der Waals surface area contributed by atoms with Gasteiger partial charge in [-0.25, -0.2) is 0 Å². The third-order valence-corrected chi connectivity index (χ3v) is 4.83. The van der Waals surface area contributed by atoms with E-state index in [4.69, 9.17) is 4.74 Å². The van der Waals surface area contributed by atoms with Gasteiger partial charge in [-0.15, -0.1) is 10.2 Å². The summed E-state index contributed by atoms with van der Waals surface area (Å²) in [5.41, 5.74) is 1.86. The van der Waals surface area contributed by atoms with E-state index in [9.17, 15) is 4.79 Å². The highest BCUT2D eigenvalue weighted by atomic mass is 79.9. The van der Waals surface area contributed by atoms with Crippen LogP contribution >= 0.6 is 15.9 Å². The third-order valence-electron chi connectivity index (χ3n) is 4.30. The van der Waals surface area contributed by atoms with Crippen LogP contribution < -0.4 is 10.1 Å². The van der Waals surface area contributed by atoms with Gasteiger partial charge in [0.1, 0.15) is 12.3 Å². The minimum Gasteiger partial charge on any atom is -0.497 e. The summed E-state index contributed by atoms with van der Waals surface area (Å²) in [6.45, 7) is 4.13. The fourth-order valence-electron chi connectivity index (χ4n) is 2.82. The minimum absolute atomic E-state index is 0.00288. The van der Waals surface area contributed by atoms with Gasteiger partial charge in [0, 0.05) is 10.0 Å². The molecule has 1 unspecified atom stereocenters. The SMILES string of the molecule is COc1ccc(C(NC(=O)Cn2nnc(-c3ccc(Br)cc3)n2)C(C)C)cc1. The van der Waals surface area contributed by atoms with Crippen LogP contribution in [0.3, 0.4) is 0 Å². The van der Waals surface area contributed by atoms with E-state index in [1.807, 2.05) is 48.5 Å². The van der Waals surface area contributed by atoms with Gasteiger partial charge in [0.25, 0.3) is 0 Å². The highest BCUT2D eigenvalue weighted by Gasteiger charge is 2.19. The van der Waals surface area contributed by atoms with Crippen LogP contribution in [0.4, 0.5) is 0 Å². The van der Waals surface area contributed by atoms with Crippen LogP contribution in [0.5, 0.6) is 5.75 Å². The van der Waals surface area contributed by atoms with Crippen molar-refractivity contribution >= 4 is 21.8 Å². The van der Waals surface area contributed by atoms with E-state index in [1.165, 1.54) is 4.80 Å². The summed E-state index contributed by atoms with van der Waals surface area (Å²) in [4.78, 5) is 13.8. The first-order chi connectivity index (χ1) is 13.5. The fourth-order valence-corrected chi connectivity index (χ4v) is 3.08. The van der Waals surface area contributed by atoms with Crippen molar-refractivity contribution in [2.75, 3.05) is 7.11 Å². The van der Waals surface area contributed by atoms with Crippen LogP contribution in [0.25, 0.3) is 11.4 Å². The lowest BCUT2D eigenvalue weighted by molar-refractivity contribution is -0.123. The number of halogens is 1. The van der Waals surface area contributed by atoms with Crippen LogP contribution in [-0.2, 0) is 11.3 Å². The normalized spacial score (nSPS) is 12.0. The molecule has 146 valence electrons. The summed E-state index contributed by atoms with van der Waals surface area (Å²) in [6, 6.07) is 15.2. The molecule has 1 N–H and O–H groups in total. The lowest BCUT2D eigenvalue weighted by atomic mass is 9.96. The second kappa shape index (κ2) is 8.97. The summed E-state index contributed by atoms with van der Waals surface area (Å²) in [5.74, 6) is 1.31.